The third-order valence-corrected chi connectivity index (χ3v) is 6.19. The van der Waals surface area contributed by atoms with Crippen LogP contribution in [0.2, 0.25) is 0 Å². The molecule has 1 aliphatic heterocycles. The monoisotopic (exact) mass is 309 g/mol. The van der Waals surface area contributed by atoms with Gasteiger partial charge in [-0.25, -0.2) is 4.79 Å². The van der Waals surface area contributed by atoms with Gasteiger partial charge in [-0.3, -0.25) is 4.79 Å². The van der Waals surface area contributed by atoms with E-state index < -0.39 is 11.6 Å². The maximum absolute atomic E-state index is 12.7. The average molecular weight is 309 g/mol. The number of likely N-dealkylation sites (tertiary alicyclic amines) is 1. The molecule has 2 aliphatic carbocycles. The summed E-state index contributed by atoms with van der Waals surface area (Å²) in [6.45, 7) is 0.735. The smallest absolute Gasteiger partial charge is 0.335 e. The number of carboxylic acid groups (broad SMARTS) is 1. The van der Waals surface area contributed by atoms with Gasteiger partial charge in [-0.2, -0.15) is 0 Å². The summed E-state index contributed by atoms with van der Waals surface area (Å²) in [6.07, 6.45) is 8.72. The lowest BCUT2D eigenvalue weighted by atomic mass is 9.67. The van der Waals surface area contributed by atoms with Crippen molar-refractivity contribution in [2.75, 3.05) is 13.1 Å². The normalized spacial score (nSPS) is 34.8. The second-order valence-corrected chi connectivity index (χ2v) is 7.48. The second-order valence-electron chi connectivity index (χ2n) is 7.48. The predicted molar refractivity (Wildman–Crippen MR) is 81.2 cm³/mol. The quantitative estimate of drug-likeness (QED) is 0.818. The number of aliphatic carboxylic acids is 1. The van der Waals surface area contributed by atoms with Crippen molar-refractivity contribution in [1.29, 1.82) is 0 Å². The summed E-state index contributed by atoms with van der Waals surface area (Å²) < 4.78 is 0. The number of hydrogen-bond acceptors (Lipinski definition) is 3. The maximum atomic E-state index is 12.7. The molecular weight excluding hydrogens is 282 g/mol. The largest absolute Gasteiger partial charge is 0.479 e. The molecule has 0 spiro atoms. The Bertz CT molecular complexity index is 442. The van der Waals surface area contributed by atoms with Crippen molar-refractivity contribution in [2.45, 2.75) is 63.4 Å². The minimum absolute atomic E-state index is 0.121. The first-order valence-corrected chi connectivity index (χ1v) is 8.74. The van der Waals surface area contributed by atoms with Crippen molar-refractivity contribution in [3.05, 3.63) is 0 Å². The zero-order valence-corrected chi connectivity index (χ0v) is 13.2. The summed E-state index contributed by atoms with van der Waals surface area (Å²) in [5, 5.41) is 19.0. The van der Waals surface area contributed by atoms with Crippen LogP contribution in [0.3, 0.4) is 0 Å². The van der Waals surface area contributed by atoms with E-state index in [0.717, 1.165) is 24.7 Å². The molecular formula is C17H27NO4. The van der Waals surface area contributed by atoms with Gasteiger partial charge in [0.1, 0.15) is 0 Å². The van der Waals surface area contributed by atoms with Crippen LogP contribution < -0.4 is 0 Å². The molecule has 0 aromatic heterocycles. The minimum Gasteiger partial charge on any atom is -0.479 e. The Morgan fingerprint density at radius 3 is 2.23 bits per heavy atom. The van der Waals surface area contributed by atoms with Gasteiger partial charge in [0.2, 0.25) is 5.91 Å². The Hall–Kier alpha value is -1.10. The molecule has 0 aromatic rings. The third kappa shape index (κ3) is 3.00. The first kappa shape index (κ1) is 15.8. The topological polar surface area (TPSA) is 77.8 Å². The average Bonchev–Trinajstić information content (AvgIpc) is 2.54. The lowest BCUT2D eigenvalue weighted by Gasteiger charge is -2.42. The molecule has 3 unspecified atom stereocenters. The van der Waals surface area contributed by atoms with E-state index in [9.17, 15) is 14.7 Å². The molecule has 3 atom stereocenters. The fourth-order valence-electron chi connectivity index (χ4n) is 4.67. The number of rotatable bonds is 2. The Morgan fingerprint density at radius 2 is 1.59 bits per heavy atom. The molecule has 1 amide bonds. The van der Waals surface area contributed by atoms with Crippen molar-refractivity contribution in [3.8, 4) is 0 Å². The lowest BCUT2D eigenvalue weighted by Crippen LogP contribution is -2.52. The molecule has 2 saturated carbocycles. The van der Waals surface area contributed by atoms with Crippen molar-refractivity contribution in [1.82, 2.24) is 4.90 Å². The van der Waals surface area contributed by atoms with Gasteiger partial charge in [0.25, 0.3) is 0 Å². The van der Waals surface area contributed by atoms with Gasteiger partial charge >= 0.3 is 5.97 Å². The number of amides is 1. The molecule has 3 aliphatic rings. The van der Waals surface area contributed by atoms with E-state index in [1.54, 1.807) is 4.90 Å². The molecule has 5 heteroatoms. The number of fused-ring (bicyclic) bond motifs is 1. The number of aliphatic hydroxyl groups is 1. The van der Waals surface area contributed by atoms with Gasteiger partial charge in [-0.1, -0.05) is 25.7 Å². The summed E-state index contributed by atoms with van der Waals surface area (Å²) in [5.74, 6) is 0.697. The summed E-state index contributed by atoms with van der Waals surface area (Å²) in [5.41, 5.74) is -1.64. The highest BCUT2D eigenvalue weighted by atomic mass is 16.4. The summed E-state index contributed by atoms with van der Waals surface area (Å²) >= 11 is 0. The van der Waals surface area contributed by atoms with E-state index in [0.29, 0.717) is 13.1 Å². The van der Waals surface area contributed by atoms with Crippen LogP contribution >= 0.6 is 0 Å². The first-order valence-electron chi connectivity index (χ1n) is 8.74. The highest BCUT2D eigenvalue weighted by molar-refractivity contribution is 5.81. The van der Waals surface area contributed by atoms with Crippen LogP contribution in [-0.2, 0) is 9.59 Å². The third-order valence-electron chi connectivity index (χ3n) is 6.19. The molecule has 3 rings (SSSR count). The lowest BCUT2D eigenvalue weighted by molar-refractivity contribution is -0.166. The van der Waals surface area contributed by atoms with E-state index in [1.165, 1.54) is 32.1 Å². The van der Waals surface area contributed by atoms with E-state index in [4.69, 9.17) is 5.11 Å². The summed E-state index contributed by atoms with van der Waals surface area (Å²) in [4.78, 5) is 25.5. The van der Waals surface area contributed by atoms with Gasteiger partial charge in [-0.15, -0.1) is 0 Å². The number of carbonyl (C=O) groups excluding carboxylic acids is 1. The standard InChI is InChI=1S/C17H27NO4/c19-15(18-9-7-17(22,8-10-18)16(20)21)14-6-5-12-3-1-2-4-13(12)11-14/h12-14,22H,1-11H2,(H,20,21). The van der Waals surface area contributed by atoms with Crippen LogP contribution in [0.4, 0.5) is 0 Å². The fourth-order valence-corrected chi connectivity index (χ4v) is 4.67. The Balaban J connectivity index is 1.55. The SMILES string of the molecule is O=C(C1CCC2CCCCC2C1)N1CCC(O)(C(=O)O)CC1. The van der Waals surface area contributed by atoms with Crippen LogP contribution in [0.15, 0.2) is 0 Å². The molecule has 124 valence electrons. The van der Waals surface area contributed by atoms with E-state index in [-0.39, 0.29) is 24.7 Å². The Kier molecular flexibility index (Phi) is 4.44. The van der Waals surface area contributed by atoms with E-state index in [2.05, 4.69) is 0 Å². The number of hydrogen-bond donors (Lipinski definition) is 2. The van der Waals surface area contributed by atoms with E-state index in [1.807, 2.05) is 0 Å². The number of carbonyl (C=O) groups is 2. The highest BCUT2D eigenvalue weighted by Crippen LogP contribution is 2.43. The maximum Gasteiger partial charge on any atom is 0.335 e. The number of carboxylic acids is 1. The van der Waals surface area contributed by atoms with Crippen molar-refractivity contribution in [2.24, 2.45) is 17.8 Å². The summed E-state index contributed by atoms with van der Waals surface area (Å²) in [7, 11) is 0. The molecule has 1 heterocycles. The molecule has 22 heavy (non-hydrogen) atoms. The Labute approximate surface area is 131 Å². The van der Waals surface area contributed by atoms with Crippen LogP contribution in [0, 0.1) is 17.8 Å². The zero-order valence-electron chi connectivity index (χ0n) is 13.2. The van der Waals surface area contributed by atoms with Crippen molar-refractivity contribution >= 4 is 11.9 Å². The van der Waals surface area contributed by atoms with E-state index >= 15 is 0 Å². The van der Waals surface area contributed by atoms with Gasteiger partial charge in [0, 0.05) is 31.8 Å². The van der Waals surface area contributed by atoms with Crippen LogP contribution in [0.25, 0.3) is 0 Å². The number of nitrogens with zero attached hydrogens (tertiary/aromatic N) is 1. The van der Waals surface area contributed by atoms with Gasteiger partial charge in [-0.05, 0) is 31.1 Å². The molecule has 0 radical (unpaired) electrons. The van der Waals surface area contributed by atoms with Gasteiger partial charge in [0.05, 0.1) is 0 Å². The zero-order chi connectivity index (χ0) is 15.7. The molecule has 5 nitrogen and oxygen atoms in total. The van der Waals surface area contributed by atoms with Crippen LogP contribution in [-0.4, -0.2) is 45.7 Å². The predicted octanol–water partition coefficient (Wildman–Crippen LogP) is 2.03. The van der Waals surface area contributed by atoms with Crippen molar-refractivity contribution < 1.29 is 19.8 Å². The van der Waals surface area contributed by atoms with Gasteiger partial charge in [0.15, 0.2) is 5.60 Å². The molecule has 0 aromatic carbocycles. The van der Waals surface area contributed by atoms with Crippen molar-refractivity contribution in [3.63, 3.8) is 0 Å². The van der Waals surface area contributed by atoms with Gasteiger partial charge < -0.3 is 15.1 Å². The molecule has 1 saturated heterocycles. The molecule has 3 fully saturated rings. The molecule has 0 bridgehead atoms. The summed E-state index contributed by atoms with van der Waals surface area (Å²) in [6, 6.07) is 0. The molecule has 2 N–H and O–H groups in total. The number of piperidine rings is 1. The highest BCUT2D eigenvalue weighted by Gasteiger charge is 2.42. The first-order chi connectivity index (χ1) is 10.5. The Morgan fingerprint density at radius 1 is 0.955 bits per heavy atom. The van der Waals surface area contributed by atoms with Crippen LogP contribution in [0.1, 0.15) is 57.8 Å². The van der Waals surface area contributed by atoms with Crippen LogP contribution in [0.5, 0.6) is 0 Å². The second kappa shape index (κ2) is 6.19. The minimum atomic E-state index is -1.64. The fraction of sp³-hybridized carbons (Fsp3) is 0.882.